The van der Waals surface area contributed by atoms with Crippen molar-refractivity contribution in [3.05, 3.63) is 72.4 Å². The van der Waals surface area contributed by atoms with Gasteiger partial charge in [0, 0.05) is 18.6 Å². The van der Waals surface area contributed by atoms with Crippen LogP contribution in [-0.4, -0.2) is 37.9 Å². The van der Waals surface area contributed by atoms with E-state index in [2.05, 4.69) is 55.5 Å². The van der Waals surface area contributed by atoms with E-state index in [1.54, 1.807) is 18.6 Å². The van der Waals surface area contributed by atoms with Gasteiger partial charge in [-0.25, -0.2) is 15.0 Å². The van der Waals surface area contributed by atoms with Crippen LogP contribution in [0.5, 0.6) is 0 Å². The lowest BCUT2D eigenvalue weighted by Gasteiger charge is -2.24. The Kier molecular flexibility index (Phi) is 5.64. The molecule has 0 radical (unpaired) electrons. The number of benzene rings is 1. The number of aromatic nitrogens is 4. The van der Waals surface area contributed by atoms with Crippen LogP contribution in [0.2, 0.25) is 0 Å². The maximum absolute atomic E-state index is 4.73. The number of nitrogens with one attached hydrogen (secondary N) is 1. The molecule has 1 fully saturated rings. The van der Waals surface area contributed by atoms with E-state index >= 15 is 0 Å². The summed E-state index contributed by atoms with van der Waals surface area (Å²) in [4.78, 5) is 19.9. The van der Waals surface area contributed by atoms with Crippen molar-refractivity contribution in [1.82, 2.24) is 24.8 Å². The first kappa shape index (κ1) is 17.5. The third-order valence-corrected chi connectivity index (χ3v) is 4.94. The summed E-state index contributed by atoms with van der Waals surface area (Å²) in [5, 5.41) is 3.13. The van der Waals surface area contributed by atoms with E-state index < -0.39 is 0 Å². The second-order valence-electron chi connectivity index (χ2n) is 6.80. The Morgan fingerprint density at radius 3 is 2.81 bits per heavy atom. The lowest BCUT2D eigenvalue weighted by Crippen LogP contribution is -2.25. The molecule has 0 amide bonds. The van der Waals surface area contributed by atoms with Gasteiger partial charge >= 0.3 is 0 Å². The average molecular weight is 360 g/mol. The predicted octanol–water partition coefficient (Wildman–Crippen LogP) is 3.78. The SMILES string of the molecule is c1ccc(CCCN2CCC[C@@H]2c2ccnc(Nc3cnccn3)n2)cc1. The van der Waals surface area contributed by atoms with Crippen LogP contribution in [0.1, 0.15) is 36.6 Å². The Hall–Kier alpha value is -2.86. The van der Waals surface area contributed by atoms with Gasteiger partial charge in [-0.3, -0.25) is 9.88 Å². The van der Waals surface area contributed by atoms with Gasteiger partial charge in [0.25, 0.3) is 0 Å². The Balaban J connectivity index is 1.38. The van der Waals surface area contributed by atoms with Gasteiger partial charge in [0.1, 0.15) is 0 Å². The maximum atomic E-state index is 4.73. The number of nitrogens with zero attached hydrogens (tertiary/aromatic N) is 5. The molecular formula is C21H24N6. The van der Waals surface area contributed by atoms with Crippen LogP contribution in [0.3, 0.4) is 0 Å². The molecule has 0 spiro atoms. The molecule has 1 atom stereocenters. The largest absolute Gasteiger partial charge is 0.307 e. The standard InChI is InChI=1S/C21H24N6/c1-2-6-17(7-3-1)8-4-14-27-15-5-9-19(27)18-10-11-24-21(25-18)26-20-16-22-12-13-23-20/h1-3,6-7,10-13,16,19H,4-5,8-9,14-15H2,(H,23,24,25,26)/t19-/m1/s1. The van der Waals surface area contributed by atoms with Crippen LogP contribution in [0, 0.1) is 0 Å². The van der Waals surface area contributed by atoms with Crippen molar-refractivity contribution >= 4 is 11.8 Å². The topological polar surface area (TPSA) is 66.8 Å². The number of likely N-dealkylation sites (tertiary alicyclic amines) is 1. The zero-order valence-electron chi connectivity index (χ0n) is 15.3. The number of hydrogen-bond acceptors (Lipinski definition) is 6. The van der Waals surface area contributed by atoms with Gasteiger partial charge in [-0.1, -0.05) is 30.3 Å². The second-order valence-corrected chi connectivity index (χ2v) is 6.80. The molecule has 1 N–H and O–H groups in total. The summed E-state index contributed by atoms with van der Waals surface area (Å²) in [5.74, 6) is 1.23. The molecule has 4 rings (SSSR count). The molecule has 0 bridgehead atoms. The van der Waals surface area contributed by atoms with E-state index in [-0.39, 0.29) is 0 Å². The monoisotopic (exact) mass is 360 g/mol. The minimum Gasteiger partial charge on any atom is -0.307 e. The summed E-state index contributed by atoms with van der Waals surface area (Å²) in [6.45, 7) is 2.23. The molecule has 1 aliphatic heterocycles. The fraction of sp³-hybridized carbons (Fsp3) is 0.333. The summed E-state index contributed by atoms with van der Waals surface area (Å²) in [6.07, 6.45) is 11.4. The average Bonchev–Trinajstić information content (AvgIpc) is 3.18. The molecule has 1 aliphatic rings. The highest BCUT2D eigenvalue weighted by atomic mass is 15.2. The fourth-order valence-electron chi connectivity index (χ4n) is 3.66. The number of hydrogen-bond donors (Lipinski definition) is 1. The van der Waals surface area contributed by atoms with Crippen molar-refractivity contribution in [3.8, 4) is 0 Å². The summed E-state index contributed by atoms with van der Waals surface area (Å²) >= 11 is 0. The molecule has 27 heavy (non-hydrogen) atoms. The number of aryl methyl sites for hydroxylation is 1. The molecule has 6 heteroatoms. The molecular weight excluding hydrogens is 336 g/mol. The molecule has 1 aromatic carbocycles. The minimum atomic E-state index is 0.367. The summed E-state index contributed by atoms with van der Waals surface area (Å²) < 4.78 is 0. The van der Waals surface area contributed by atoms with Crippen molar-refractivity contribution in [1.29, 1.82) is 0 Å². The van der Waals surface area contributed by atoms with Gasteiger partial charge in [0.05, 0.1) is 17.9 Å². The van der Waals surface area contributed by atoms with E-state index in [1.165, 1.54) is 12.0 Å². The highest BCUT2D eigenvalue weighted by Crippen LogP contribution is 2.31. The molecule has 1 saturated heterocycles. The molecule has 0 unspecified atom stereocenters. The Bertz CT molecular complexity index is 840. The third kappa shape index (κ3) is 4.65. The minimum absolute atomic E-state index is 0.367. The van der Waals surface area contributed by atoms with Crippen molar-refractivity contribution < 1.29 is 0 Å². The third-order valence-electron chi connectivity index (χ3n) is 4.94. The van der Waals surface area contributed by atoms with E-state index in [1.807, 2.05) is 12.3 Å². The molecule has 3 aromatic rings. The summed E-state index contributed by atoms with van der Waals surface area (Å²) in [6, 6.07) is 13.1. The molecule has 2 aromatic heterocycles. The first-order valence-electron chi connectivity index (χ1n) is 9.52. The van der Waals surface area contributed by atoms with E-state index in [4.69, 9.17) is 4.98 Å². The Morgan fingerprint density at radius 1 is 1.04 bits per heavy atom. The van der Waals surface area contributed by atoms with Crippen molar-refractivity contribution in [2.75, 3.05) is 18.4 Å². The van der Waals surface area contributed by atoms with Gasteiger partial charge in [0.2, 0.25) is 5.95 Å². The zero-order chi connectivity index (χ0) is 18.3. The molecule has 0 saturated carbocycles. The summed E-state index contributed by atoms with van der Waals surface area (Å²) in [7, 11) is 0. The maximum Gasteiger partial charge on any atom is 0.228 e. The van der Waals surface area contributed by atoms with Crippen molar-refractivity contribution in [3.63, 3.8) is 0 Å². The molecule has 138 valence electrons. The summed E-state index contributed by atoms with van der Waals surface area (Å²) in [5.41, 5.74) is 2.49. The lowest BCUT2D eigenvalue weighted by atomic mass is 10.1. The first-order valence-corrected chi connectivity index (χ1v) is 9.52. The molecule has 0 aliphatic carbocycles. The second kappa shape index (κ2) is 8.68. The lowest BCUT2D eigenvalue weighted by molar-refractivity contribution is 0.250. The number of anilines is 2. The van der Waals surface area contributed by atoms with Crippen LogP contribution in [-0.2, 0) is 6.42 Å². The van der Waals surface area contributed by atoms with Gasteiger partial charge in [0.15, 0.2) is 5.82 Å². The smallest absolute Gasteiger partial charge is 0.228 e. The van der Waals surface area contributed by atoms with Crippen LogP contribution in [0.15, 0.2) is 61.2 Å². The van der Waals surface area contributed by atoms with Crippen LogP contribution in [0.4, 0.5) is 11.8 Å². The van der Waals surface area contributed by atoms with E-state index in [0.29, 0.717) is 17.8 Å². The quantitative estimate of drug-likeness (QED) is 0.692. The fourth-order valence-corrected chi connectivity index (χ4v) is 3.66. The highest BCUT2D eigenvalue weighted by Gasteiger charge is 2.26. The highest BCUT2D eigenvalue weighted by molar-refractivity contribution is 5.45. The van der Waals surface area contributed by atoms with Crippen LogP contribution >= 0.6 is 0 Å². The van der Waals surface area contributed by atoms with Gasteiger partial charge in [-0.2, -0.15) is 0 Å². The van der Waals surface area contributed by atoms with E-state index in [9.17, 15) is 0 Å². The molecule has 3 heterocycles. The van der Waals surface area contributed by atoms with Crippen LogP contribution in [0.25, 0.3) is 0 Å². The molecule has 6 nitrogen and oxygen atoms in total. The van der Waals surface area contributed by atoms with Crippen molar-refractivity contribution in [2.45, 2.75) is 31.7 Å². The van der Waals surface area contributed by atoms with Gasteiger partial charge < -0.3 is 5.32 Å². The van der Waals surface area contributed by atoms with Crippen LogP contribution < -0.4 is 5.32 Å². The normalized spacial score (nSPS) is 17.1. The van der Waals surface area contributed by atoms with Crippen molar-refractivity contribution in [2.24, 2.45) is 0 Å². The Morgan fingerprint density at radius 2 is 1.96 bits per heavy atom. The van der Waals surface area contributed by atoms with Gasteiger partial charge in [-0.05, 0) is 50.4 Å². The first-order chi connectivity index (χ1) is 13.4. The van der Waals surface area contributed by atoms with Gasteiger partial charge in [-0.15, -0.1) is 0 Å². The predicted molar refractivity (Wildman–Crippen MR) is 106 cm³/mol. The zero-order valence-corrected chi connectivity index (χ0v) is 15.3. The van der Waals surface area contributed by atoms with E-state index in [0.717, 1.165) is 38.0 Å². The number of rotatable bonds is 7. The Labute approximate surface area is 159 Å².